The second-order valence-corrected chi connectivity index (χ2v) is 2.87. The van der Waals surface area contributed by atoms with E-state index in [1.807, 2.05) is 12.1 Å². The molecule has 1 rings (SSSR count). The lowest BCUT2D eigenvalue weighted by Crippen LogP contribution is -2.22. The molecule has 0 aliphatic carbocycles. The van der Waals surface area contributed by atoms with Crippen LogP contribution in [0.15, 0.2) is 18.3 Å². The maximum Gasteiger partial charge on any atom is 0.0589 e. The fourth-order valence-corrected chi connectivity index (χ4v) is 0.941. The first kappa shape index (κ1) is 9.45. The third-order valence-corrected chi connectivity index (χ3v) is 1.64. The molecule has 66 valence electrons. The van der Waals surface area contributed by atoms with Crippen LogP contribution in [0.2, 0.25) is 5.02 Å². The van der Waals surface area contributed by atoms with Crippen molar-refractivity contribution in [3.05, 3.63) is 29.0 Å². The Hall–Kier alpha value is -0.640. The smallest absolute Gasteiger partial charge is 0.0589 e. The minimum atomic E-state index is 0.646. The Labute approximate surface area is 76.9 Å². The Morgan fingerprint density at radius 1 is 1.50 bits per heavy atom. The molecule has 3 N–H and O–H groups in total. The van der Waals surface area contributed by atoms with Gasteiger partial charge in [0.25, 0.3) is 0 Å². The largest absolute Gasteiger partial charge is 0.329 e. The monoisotopic (exact) mass is 185 g/mol. The van der Waals surface area contributed by atoms with Crippen LogP contribution >= 0.6 is 11.6 Å². The van der Waals surface area contributed by atoms with E-state index in [1.54, 1.807) is 6.20 Å². The zero-order valence-electron chi connectivity index (χ0n) is 6.76. The highest BCUT2D eigenvalue weighted by atomic mass is 35.5. The Morgan fingerprint density at radius 3 is 2.92 bits per heavy atom. The van der Waals surface area contributed by atoms with Crippen LogP contribution in [0.25, 0.3) is 0 Å². The van der Waals surface area contributed by atoms with Crippen LogP contribution in [0.4, 0.5) is 0 Å². The number of nitrogens with one attached hydrogen (secondary N) is 1. The third kappa shape index (κ3) is 3.17. The predicted octanol–water partition coefficient (Wildman–Crippen LogP) is 0.783. The SMILES string of the molecule is NCCNCc1ccc(Cl)cn1. The number of nitrogens with zero attached hydrogens (tertiary/aromatic N) is 1. The van der Waals surface area contributed by atoms with Crippen molar-refractivity contribution < 1.29 is 0 Å². The molecular formula is C8H12ClN3. The lowest BCUT2D eigenvalue weighted by Gasteiger charge is -2.01. The van der Waals surface area contributed by atoms with E-state index in [4.69, 9.17) is 17.3 Å². The fraction of sp³-hybridized carbons (Fsp3) is 0.375. The molecule has 0 unspecified atom stereocenters. The highest BCUT2D eigenvalue weighted by molar-refractivity contribution is 6.30. The van der Waals surface area contributed by atoms with Gasteiger partial charge in [-0.2, -0.15) is 0 Å². The van der Waals surface area contributed by atoms with E-state index in [2.05, 4.69) is 10.3 Å². The molecule has 0 aromatic carbocycles. The average molecular weight is 186 g/mol. The van der Waals surface area contributed by atoms with Gasteiger partial charge in [0.2, 0.25) is 0 Å². The van der Waals surface area contributed by atoms with Gasteiger partial charge in [0.1, 0.15) is 0 Å². The first-order valence-electron chi connectivity index (χ1n) is 3.84. The van der Waals surface area contributed by atoms with Gasteiger partial charge in [0.15, 0.2) is 0 Å². The summed E-state index contributed by atoms with van der Waals surface area (Å²) in [6.07, 6.45) is 1.64. The quantitative estimate of drug-likeness (QED) is 0.682. The molecule has 12 heavy (non-hydrogen) atoms. The van der Waals surface area contributed by atoms with Gasteiger partial charge in [-0.15, -0.1) is 0 Å². The molecule has 0 bridgehead atoms. The molecule has 0 saturated heterocycles. The van der Waals surface area contributed by atoms with Crippen LogP contribution in [-0.4, -0.2) is 18.1 Å². The summed E-state index contributed by atoms with van der Waals surface area (Å²) in [7, 11) is 0. The molecular weight excluding hydrogens is 174 g/mol. The van der Waals surface area contributed by atoms with Gasteiger partial charge < -0.3 is 11.1 Å². The average Bonchev–Trinajstić information content (AvgIpc) is 2.09. The molecule has 0 aliphatic rings. The van der Waals surface area contributed by atoms with E-state index in [1.165, 1.54) is 0 Å². The predicted molar refractivity (Wildman–Crippen MR) is 50.0 cm³/mol. The van der Waals surface area contributed by atoms with Gasteiger partial charge in [-0.05, 0) is 12.1 Å². The number of pyridine rings is 1. The van der Waals surface area contributed by atoms with E-state index in [9.17, 15) is 0 Å². The summed E-state index contributed by atoms with van der Waals surface area (Å²) in [5.74, 6) is 0. The van der Waals surface area contributed by atoms with Crippen LogP contribution in [0.1, 0.15) is 5.69 Å². The maximum absolute atomic E-state index is 5.67. The van der Waals surface area contributed by atoms with Gasteiger partial charge in [-0.3, -0.25) is 4.98 Å². The molecule has 0 radical (unpaired) electrons. The fourth-order valence-electron chi connectivity index (χ4n) is 0.830. The van der Waals surface area contributed by atoms with E-state index in [0.29, 0.717) is 11.6 Å². The summed E-state index contributed by atoms with van der Waals surface area (Å²) in [6, 6.07) is 3.72. The standard InChI is InChI=1S/C8H12ClN3/c9-7-1-2-8(12-5-7)6-11-4-3-10/h1-2,5,11H,3-4,6,10H2. The Bertz CT molecular complexity index is 222. The number of hydrogen-bond acceptors (Lipinski definition) is 3. The molecule has 0 atom stereocenters. The molecule has 3 nitrogen and oxygen atoms in total. The lowest BCUT2D eigenvalue weighted by molar-refractivity contribution is 0.682. The summed E-state index contributed by atoms with van der Waals surface area (Å²) in [4.78, 5) is 4.11. The maximum atomic E-state index is 5.67. The molecule has 0 amide bonds. The number of hydrogen-bond donors (Lipinski definition) is 2. The number of nitrogens with two attached hydrogens (primary N) is 1. The molecule has 0 spiro atoms. The van der Waals surface area contributed by atoms with Crippen molar-refractivity contribution in [1.29, 1.82) is 0 Å². The van der Waals surface area contributed by atoms with Crippen molar-refractivity contribution in [1.82, 2.24) is 10.3 Å². The summed E-state index contributed by atoms with van der Waals surface area (Å²) in [6.45, 7) is 2.20. The minimum absolute atomic E-state index is 0.646. The molecule has 1 aromatic rings. The van der Waals surface area contributed by atoms with Gasteiger partial charge in [-0.25, -0.2) is 0 Å². The van der Waals surface area contributed by atoms with E-state index < -0.39 is 0 Å². The zero-order valence-corrected chi connectivity index (χ0v) is 7.51. The molecule has 0 fully saturated rings. The van der Waals surface area contributed by atoms with E-state index in [-0.39, 0.29) is 0 Å². The van der Waals surface area contributed by atoms with E-state index >= 15 is 0 Å². The molecule has 1 heterocycles. The topological polar surface area (TPSA) is 50.9 Å². The highest BCUT2D eigenvalue weighted by Gasteiger charge is 1.92. The second kappa shape index (κ2) is 5.09. The van der Waals surface area contributed by atoms with Crippen molar-refractivity contribution in [2.75, 3.05) is 13.1 Å². The Morgan fingerprint density at radius 2 is 2.33 bits per heavy atom. The Balaban J connectivity index is 2.37. The van der Waals surface area contributed by atoms with Gasteiger partial charge >= 0.3 is 0 Å². The van der Waals surface area contributed by atoms with Crippen LogP contribution in [0.3, 0.4) is 0 Å². The van der Waals surface area contributed by atoms with Crippen LogP contribution in [-0.2, 0) is 6.54 Å². The van der Waals surface area contributed by atoms with Gasteiger partial charge in [0, 0.05) is 25.8 Å². The summed E-state index contributed by atoms with van der Waals surface area (Å²) in [5.41, 5.74) is 6.29. The summed E-state index contributed by atoms with van der Waals surface area (Å²) < 4.78 is 0. The number of rotatable bonds is 4. The summed E-state index contributed by atoms with van der Waals surface area (Å²) >= 11 is 5.67. The first-order valence-corrected chi connectivity index (χ1v) is 4.22. The summed E-state index contributed by atoms with van der Waals surface area (Å²) in [5, 5.41) is 3.80. The van der Waals surface area contributed by atoms with Crippen molar-refractivity contribution >= 4 is 11.6 Å². The zero-order chi connectivity index (χ0) is 8.81. The molecule has 0 saturated carbocycles. The molecule has 4 heteroatoms. The van der Waals surface area contributed by atoms with Crippen LogP contribution in [0, 0.1) is 0 Å². The lowest BCUT2D eigenvalue weighted by atomic mass is 10.3. The van der Waals surface area contributed by atoms with Gasteiger partial charge in [0.05, 0.1) is 10.7 Å². The van der Waals surface area contributed by atoms with E-state index in [0.717, 1.165) is 18.8 Å². The molecule has 1 aromatic heterocycles. The van der Waals surface area contributed by atoms with Gasteiger partial charge in [-0.1, -0.05) is 11.6 Å². The number of aromatic nitrogens is 1. The van der Waals surface area contributed by atoms with Crippen molar-refractivity contribution in [2.45, 2.75) is 6.54 Å². The van der Waals surface area contributed by atoms with Crippen LogP contribution in [0.5, 0.6) is 0 Å². The minimum Gasteiger partial charge on any atom is -0.329 e. The Kier molecular flexibility index (Phi) is 4.00. The third-order valence-electron chi connectivity index (χ3n) is 1.42. The van der Waals surface area contributed by atoms with Crippen LogP contribution < -0.4 is 11.1 Å². The second-order valence-electron chi connectivity index (χ2n) is 2.43. The highest BCUT2D eigenvalue weighted by Crippen LogP contribution is 2.05. The van der Waals surface area contributed by atoms with Crippen molar-refractivity contribution in [2.24, 2.45) is 5.73 Å². The number of halogens is 1. The normalized spacial score (nSPS) is 10.2. The molecule has 0 aliphatic heterocycles. The first-order chi connectivity index (χ1) is 5.83. The van der Waals surface area contributed by atoms with Crippen molar-refractivity contribution in [3.8, 4) is 0 Å². The van der Waals surface area contributed by atoms with Crippen molar-refractivity contribution in [3.63, 3.8) is 0 Å².